The number of rotatable bonds is 1. The summed E-state index contributed by atoms with van der Waals surface area (Å²) >= 11 is 0. The lowest BCUT2D eigenvalue weighted by Gasteiger charge is -1.73. The maximum Gasteiger partial charge on any atom is 0.110 e. The van der Waals surface area contributed by atoms with Crippen molar-refractivity contribution in [2.45, 2.75) is 6.92 Å². The Labute approximate surface area is 35.5 Å². The van der Waals surface area contributed by atoms with Gasteiger partial charge in [-0.25, -0.2) is 8.78 Å². The molecule has 2 heteroatoms. The number of allylic oxidation sites excluding steroid dienone is 2. The molecular weight excluding hydrogens is 86.0 g/mol. The summed E-state index contributed by atoms with van der Waals surface area (Å²) in [5.74, 6) is -0.461. The molecule has 0 N–H and O–H groups in total. The molecule has 0 bridgehead atoms. The molecule has 0 rings (SSSR count). The van der Waals surface area contributed by atoms with E-state index in [1.807, 2.05) is 0 Å². The molecule has 0 amide bonds. The van der Waals surface area contributed by atoms with E-state index in [9.17, 15) is 8.78 Å². The average Bonchev–Trinajstić information content (AvgIpc) is 1.35. The minimum atomic E-state index is -0.706. The molecule has 0 unspecified atom stereocenters. The summed E-state index contributed by atoms with van der Waals surface area (Å²) in [5, 5.41) is 0. The Bertz CT molecular complexity index is 52.6. The Balaban J connectivity index is 3.14. The smallest absolute Gasteiger partial charge is 0.110 e. The Hall–Kier alpha value is -0.400. The van der Waals surface area contributed by atoms with E-state index in [1.54, 1.807) is 0 Å². The van der Waals surface area contributed by atoms with Crippen molar-refractivity contribution in [2.24, 2.45) is 0 Å². The van der Waals surface area contributed by atoms with Crippen molar-refractivity contribution < 1.29 is 8.78 Å². The number of alkyl halides is 1. The van der Waals surface area contributed by atoms with Crippen LogP contribution in [0.4, 0.5) is 8.78 Å². The summed E-state index contributed by atoms with van der Waals surface area (Å²) in [7, 11) is 0. The van der Waals surface area contributed by atoms with E-state index in [0.717, 1.165) is 6.08 Å². The molecule has 0 aromatic rings. The van der Waals surface area contributed by atoms with Crippen LogP contribution in [0.2, 0.25) is 0 Å². The molecule has 0 atom stereocenters. The lowest BCUT2D eigenvalue weighted by Crippen LogP contribution is -1.62. The fourth-order valence-electron chi connectivity index (χ4n) is 0.106. The normalized spacial score (nSPS) is 12.2. The number of halogens is 2. The van der Waals surface area contributed by atoms with Gasteiger partial charge in [0.15, 0.2) is 0 Å². The van der Waals surface area contributed by atoms with E-state index in [0.29, 0.717) is 0 Å². The van der Waals surface area contributed by atoms with E-state index < -0.39 is 12.5 Å². The molecule has 0 aliphatic rings. The molecule has 36 valence electrons. The van der Waals surface area contributed by atoms with Gasteiger partial charge in [0.1, 0.15) is 6.67 Å². The van der Waals surface area contributed by atoms with Crippen molar-refractivity contribution in [3.8, 4) is 0 Å². The summed E-state index contributed by atoms with van der Waals surface area (Å²) in [6, 6.07) is 0. The highest BCUT2D eigenvalue weighted by Gasteiger charge is 1.75. The second-order valence-corrected chi connectivity index (χ2v) is 0.945. The second-order valence-electron chi connectivity index (χ2n) is 0.945. The van der Waals surface area contributed by atoms with Crippen LogP contribution in [0.25, 0.3) is 0 Å². The molecule has 0 aromatic carbocycles. The maximum absolute atomic E-state index is 11.3. The molecule has 0 saturated carbocycles. The Morgan fingerprint density at radius 3 is 2.33 bits per heavy atom. The largest absolute Gasteiger partial charge is 0.246 e. The van der Waals surface area contributed by atoms with Gasteiger partial charge in [-0.3, -0.25) is 0 Å². The van der Waals surface area contributed by atoms with Gasteiger partial charge in [0, 0.05) is 0 Å². The predicted molar refractivity (Wildman–Crippen MR) is 20.8 cm³/mol. The van der Waals surface area contributed by atoms with Crippen LogP contribution >= 0.6 is 0 Å². The minimum absolute atomic E-state index is 0.461. The summed E-state index contributed by atoms with van der Waals surface area (Å²) in [5.41, 5.74) is 0. The first-order chi connectivity index (χ1) is 2.77. The molecule has 0 fully saturated rings. The van der Waals surface area contributed by atoms with Gasteiger partial charge in [0.2, 0.25) is 0 Å². The molecule has 0 aliphatic carbocycles. The van der Waals surface area contributed by atoms with Gasteiger partial charge >= 0.3 is 0 Å². The zero-order chi connectivity index (χ0) is 4.99. The van der Waals surface area contributed by atoms with Crippen LogP contribution in [0.1, 0.15) is 6.92 Å². The van der Waals surface area contributed by atoms with Crippen LogP contribution in [0.15, 0.2) is 11.9 Å². The van der Waals surface area contributed by atoms with Crippen molar-refractivity contribution >= 4 is 0 Å². The first-order valence-electron chi connectivity index (χ1n) is 1.65. The lowest BCUT2D eigenvalue weighted by molar-refractivity contribution is 0.543. The van der Waals surface area contributed by atoms with Gasteiger partial charge < -0.3 is 0 Å². The highest BCUT2D eigenvalue weighted by atomic mass is 19.1. The van der Waals surface area contributed by atoms with Gasteiger partial charge in [-0.1, -0.05) is 0 Å². The average molecular weight is 92.1 g/mol. The molecule has 0 radical (unpaired) electrons. The second kappa shape index (κ2) is 2.82. The zero-order valence-corrected chi connectivity index (χ0v) is 3.54. The maximum atomic E-state index is 11.3. The highest BCUT2D eigenvalue weighted by Crippen LogP contribution is 1.89. The summed E-state index contributed by atoms with van der Waals surface area (Å²) in [6.45, 7) is 0.502. The Morgan fingerprint density at radius 2 is 2.33 bits per heavy atom. The van der Waals surface area contributed by atoms with E-state index in [2.05, 4.69) is 0 Å². The predicted octanol–water partition coefficient (Wildman–Crippen LogP) is 1.83. The molecule has 0 nitrogen and oxygen atoms in total. The Morgan fingerprint density at radius 1 is 1.83 bits per heavy atom. The topological polar surface area (TPSA) is 0 Å². The molecule has 6 heavy (non-hydrogen) atoms. The van der Waals surface area contributed by atoms with Crippen LogP contribution < -0.4 is 0 Å². The molecule has 0 aliphatic heterocycles. The monoisotopic (exact) mass is 92.0 g/mol. The first kappa shape index (κ1) is 5.60. The van der Waals surface area contributed by atoms with Gasteiger partial charge in [-0.15, -0.1) is 0 Å². The quantitative estimate of drug-likeness (QED) is 0.463. The first-order valence-corrected chi connectivity index (χ1v) is 1.65. The third kappa shape index (κ3) is 3.60. The van der Waals surface area contributed by atoms with Gasteiger partial charge in [0.05, 0.1) is 5.83 Å². The number of hydrogen-bond donors (Lipinski definition) is 0. The van der Waals surface area contributed by atoms with Crippen molar-refractivity contribution in [2.75, 3.05) is 6.67 Å². The third-order valence-corrected chi connectivity index (χ3v) is 0.358. The van der Waals surface area contributed by atoms with Crippen molar-refractivity contribution in [3.63, 3.8) is 0 Å². The van der Waals surface area contributed by atoms with E-state index >= 15 is 0 Å². The van der Waals surface area contributed by atoms with Crippen LogP contribution in [0, 0.1) is 0 Å². The molecule has 0 saturated heterocycles. The molecule has 0 spiro atoms. The highest BCUT2D eigenvalue weighted by molar-refractivity contribution is 4.85. The third-order valence-electron chi connectivity index (χ3n) is 0.358. The van der Waals surface area contributed by atoms with E-state index in [1.165, 1.54) is 6.92 Å². The molecule has 0 aromatic heterocycles. The van der Waals surface area contributed by atoms with Gasteiger partial charge in [0.25, 0.3) is 0 Å². The van der Waals surface area contributed by atoms with Crippen LogP contribution in [0.5, 0.6) is 0 Å². The zero-order valence-electron chi connectivity index (χ0n) is 3.54. The summed E-state index contributed by atoms with van der Waals surface area (Å²) in [4.78, 5) is 0. The SMILES string of the molecule is CC(F)=CCF. The van der Waals surface area contributed by atoms with Crippen LogP contribution in [0.3, 0.4) is 0 Å². The Kier molecular flexibility index (Phi) is 2.63. The van der Waals surface area contributed by atoms with Gasteiger partial charge in [-0.05, 0) is 13.0 Å². The fraction of sp³-hybridized carbons (Fsp3) is 0.500. The fourth-order valence-corrected chi connectivity index (χ4v) is 0.106. The van der Waals surface area contributed by atoms with Crippen molar-refractivity contribution in [3.05, 3.63) is 11.9 Å². The van der Waals surface area contributed by atoms with Crippen LogP contribution in [-0.4, -0.2) is 6.67 Å². The van der Waals surface area contributed by atoms with Crippen LogP contribution in [-0.2, 0) is 0 Å². The van der Waals surface area contributed by atoms with Gasteiger partial charge in [-0.2, -0.15) is 0 Å². The summed E-state index contributed by atoms with van der Waals surface area (Å²) in [6.07, 6.45) is 0.875. The summed E-state index contributed by atoms with van der Waals surface area (Å²) < 4.78 is 22.3. The molecule has 0 heterocycles. The van der Waals surface area contributed by atoms with E-state index in [-0.39, 0.29) is 0 Å². The van der Waals surface area contributed by atoms with Crippen molar-refractivity contribution in [1.29, 1.82) is 0 Å². The lowest BCUT2D eigenvalue weighted by atomic mass is 10.5. The minimum Gasteiger partial charge on any atom is -0.246 e. The van der Waals surface area contributed by atoms with Crippen molar-refractivity contribution in [1.82, 2.24) is 0 Å². The number of hydrogen-bond acceptors (Lipinski definition) is 0. The standard InChI is InChI=1S/C4H6F2/c1-4(6)2-3-5/h2H,3H2,1H3. The van der Waals surface area contributed by atoms with E-state index in [4.69, 9.17) is 0 Å². The molecular formula is C4H6F2.